The zero-order valence-corrected chi connectivity index (χ0v) is 29.0. The van der Waals surface area contributed by atoms with E-state index in [1.165, 1.54) is 50.5 Å². The molecule has 0 aliphatic carbocycles. The number of ether oxygens (including phenoxy) is 2. The molecule has 1 aromatic heterocycles. The summed E-state index contributed by atoms with van der Waals surface area (Å²) in [6.45, 7) is 9.00. The van der Waals surface area contributed by atoms with Crippen molar-refractivity contribution in [2.45, 2.75) is 111 Å². The van der Waals surface area contributed by atoms with Crippen molar-refractivity contribution < 1.29 is 14.3 Å². The molecule has 3 aromatic rings. The van der Waals surface area contributed by atoms with Crippen LogP contribution in [0.1, 0.15) is 115 Å². The second kappa shape index (κ2) is 18.8. The zero-order valence-electron chi connectivity index (χ0n) is 27.5. The van der Waals surface area contributed by atoms with E-state index in [4.69, 9.17) is 20.2 Å². The SMILES string of the molecule is COc1cc2c(N[C@H](C)c3cccc(Br)c3)nc(C)nc2cc1OCCCCCCCCCCCCC(CC(C)C)C(N)=O. The Morgan fingerprint density at radius 1 is 0.909 bits per heavy atom. The van der Waals surface area contributed by atoms with Crippen molar-refractivity contribution in [2.24, 2.45) is 17.6 Å². The molecule has 7 nitrogen and oxygen atoms in total. The molecule has 0 saturated heterocycles. The predicted octanol–water partition coefficient (Wildman–Crippen LogP) is 9.70. The summed E-state index contributed by atoms with van der Waals surface area (Å²) in [7, 11) is 1.67. The van der Waals surface area contributed by atoms with Crippen LogP contribution in [0.25, 0.3) is 10.9 Å². The molecule has 0 radical (unpaired) electrons. The molecule has 1 unspecified atom stereocenters. The molecule has 44 heavy (non-hydrogen) atoms. The number of rotatable bonds is 21. The molecule has 0 fully saturated rings. The average Bonchev–Trinajstić information content (AvgIpc) is 2.98. The fourth-order valence-corrected chi connectivity index (χ4v) is 6.15. The Bertz CT molecular complexity index is 1320. The van der Waals surface area contributed by atoms with E-state index in [9.17, 15) is 4.79 Å². The second-order valence-electron chi connectivity index (χ2n) is 12.5. The fraction of sp³-hybridized carbons (Fsp3) is 0.583. The van der Waals surface area contributed by atoms with Crippen molar-refractivity contribution in [3.63, 3.8) is 0 Å². The second-order valence-corrected chi connectivity index (χ2v) is 13.4. The van der Waals surface area contributed by atoms with Gasteiger partial charge in [0.05, 0.1) is 25.3 Å². The third kappa shape index (κ3) is 11.9. The van der Waals surface area contributed by atoms with Gasteiger partial charge >= 0.3 is 0 Å². The first-order valence-corrected chi connectivity index (χ1v) is 17.3. The van der Waals surface area contributed by atoms with Crippen LogP contribution in [0.4, 0.5) is 5.82 Å². The van der Waals surface area contributed by atoms with Crippen LogP contribution in [0.5, 0.6) is 11.5 Å². The Morgan fingerprint density at radius 3 is 2.18 bits per heavy atom. The van der Waals surface area contributed by atoms with Gasteiger partial charge in [0.25, 0.3) is 0 Å². The number of amides is 1. The number of nitrogens with two attached hydrogens (primary N) is 1. The Hall–Kier alpha value is -2.87. The van der Waals surface area contributed by atoms with E-state index >= 15 is 0 Å². The molecule has 0 aliphatic rings. The Morgan fingerprint density at radius 2 is 1.57 bits per heavy atom. The number of primary amides is 1. The van der Waals surface area contributed by atoms with Crippen molar-refractivity contribution in [3.05, 3.63) is 52.3 Å². The molecular weight excluding hydrogens is 616 g/mol. The predicted molar refractivity (Wildman–Crippen MR) is 185 cm³/mol. The smallest absolute Gasteiger partial charge is 0.220 e. The van der Waals surface area contributed by atoms with Gasteiger partial charge in [0.2, 0.25) is 5.91 Å². The molecule has 3 rings (SSSR count). The molecule has 2 aromatic carbocycles. The van der Waals surface area contributed by atoms with Gasteiger partial charge in [-0.3, -0.25) is 4.79 Å². The van der Waals surface area contributed by atoms with Crippen LogP contribution in [0.3, 0.4) is 0 Å². The molecule has 242 valence electrons. The number of halogens is 1. The van der Waals surface area contributed by atoms with E-state index in [-0.39, 0.29) is 17.9 Å². The van der Waals surface area contributed by atoms with Gasteiger partial charge in [-0.1, -0.05) is 99.7 Å². The number of benzene rings is 2. The van der Waals surface area contributed by atoms with E-state index in [1.807, 2.05) is 31.2 Å². The number of nitrogens with zero attached hydrogens (tertiary/aromatic N) is 2. The molecule has 1 heterocycles. The van der Waals surface area contributed by atoms with Crippen molar-refractivity contribution >= 4 is 38.6 Å². The highest BCUT2D eigenvalue weighted by molar-refractivity contribution is 9.10. The van der Waals surface area contributed by atoms with Gasteiger partial charge in [0.1, 0.15) is 11.6 Å². The summed E-state index contributed by atoms with van der Waals surface area (Å²) in [6, 6.07) is 12.3. The van der Waals surface area contributed by atoms with Gasteiger partial charge in [0, 0.05) is 21.8 Å². The summed E-state index contributed by atoms with van der Waals surface area (Å²) < 4.78 is 12.9. The quantitative estimate of drug-likeness (QED) is 0.110. The Balaban J connectivity index is 1.37. The number of hydrogen-bond acceptors (Lipinski definition) is 6. The van der Waals surface area contributed by atoms with Gasteiger partial charge in [0.15, 0.2) is 11.5 Å². The average molecular weight is 670 g/mol. The molecule has 0 bridgehead atoms. The standard InChI is InChI=1S/C36H53BrN4O3/c1-25(2)21-29(35(38)42)17-14-12-10-8-6-7-9-11-13-15-20-44-34-24-32-31(23-33(34)43-5)36(41-27(4)40-32)39-26(3)28-18-16-19-30(37)22-28/h16,18-19,22-26,29H,6-15,17,20-21H2,1-5H3,(H2,38,42)(H,39,40,41)/t26-,29?/m1/s1. The number of carbonyl (C=O) groups is 1. The van der Waals surface area contributed by atoms with E-state index in [0.29, 0.717) is 24.1 Å². The molecule has 0 aliphatic heterocycles. The number of anilines is 1. The van der Waals surface area contributed by atoms with Crippen molar-refractivity contribution in [1.29, 1.82) is 0 Å². The summed E-state index contributed by atoms with van der Waals surface area (Å²) in [6.07, 6.45) is 13.9. The Kier molecular flexibility index (Phi) is 15.2. The van der Waals surface area contributed by atoms with Crippen LogP contribution in [0.2, 0.25) is 0 Å². The molecule has 3 N–H and O–H groups in total. The highest BCUT2D eigenvalue weighted by Crippen LogP contribution is 2.35. The first-order valence-electron chi connectivity index (χ1n) is 16.5. The number of fused-ring (bicyclic) bond motifs is 1. The highest BCUT2D eigenvalue weighted by Gasteiger charge is 2.17. The van der Waals surface area contributed by atoms with Crippen molar-refractivity contribution in [1.82, 2.24) is 9.97 Å². The van der Waals surface area contributed by atoms with Gasteiger partial charge in [-0.2, -0.15) is 0 Å². The normalized spacial score (nSPS) is 12.8. The molecule has 0 saturated carbocycles. The number of hydrogen-bond donors (Lipinski definition) is 2. The van der Waals surface area contributed by atoms with Gasteiger partial charge in [-0.15, -0.1) is 0 Å². The molecular formula is C36H53BrN4O3. The summed E-state index contributed by atoms with van der Waals surface area (Å²) in [5.74, 6) is 3.33. The number of aryl methyl sites for hydroxylation is 1. The maximum Gasteiger partial charge on any atom is 0.220 e. The van der Waals surface area contributed by atoms with Gasteiger partial charge < -0.3 is 20.5 Å². The van der Waals surface area contributed by atoms with Crippen LogP contribution in [-0.2, 0) is 4.79 Å². The van der Waals surface area contributed by atoms with Crippen LogP contribution in [-0.4, -0.2) is 29.6 Å². The minimum absolute atomic E-state index is 0.0480. The number of aromatic nitrogens is 2. The largest absolute Gasteiger partial charge is 0.493 e. The Labute approximate surface area is 273 Å². The van der Waals surface area contributed by atoms with Crippen molar-refractivity contribution in [2.75, 3.05) is 19.0 Å². The topological polar surface area (TPSA) is 99.4 Å². The number of nitrogens with one attached hydrogen (secondary N) is 1. The van der Waals surface area contributed by atoms with Gasteiger partial charge in [-0.25, -0.2) is 9.97 Å². The monoisotopic (exact) mass is 668 g/mol. The first kappa shape index (κ1) is 35.6. The van der Waals surface area contributed by atoms with Crippen molar-refractivity contribution in [3.8, 4) is 11.5 Å². The number of unbranched alkanes of at least 4 members (excludes halogenated alkanes) is 9. The summed E-state index contributed by atoms with van der Waals surface area (Å²) in [4.78, 5) is 21.0. The molecule has 1 amide bonds. The first-order chi connectivity index (χ1) is 21.2. The zero-order chi connectivity index (χ0) is 31.9. The summed E-state index contributed by atoms with van der Waals surface area (Å²) in [5, 5.41) is 4.47. The molecule has 2 atom stereocenters. The van der Waals surface area contributed by atoms with E-state index in [2.05, 4.69) is 59.1 Å². The maximum atomic E-state index is 11.6. The lowest BCUT2D eigenvalue weighted by molar-refractivity contribution is -0.122. The lowest BCUT2D eigenvalue weighted by Crippen LogP contribution is -2.24. The third-order valence-electron chi connectivity index (χ3n) is 8.16. The minimum atomic E-state index is -0.130. The fourth-order valence-electron chi connectivity index (χ4n) is 5.73. The summed E-state index contributed by atoms with van der Waals surface area (Å²) >= 11 is 3.56. The highest BCUT2D eigenvalue weighted by atomic mass is 79.9. The van der Waals surface area contributed by atoms with Gasteiger partial charge in [-0.05, 0) is 62.8 Å². The maximum absolute atomic E-state index is 11.6. The molecule has 0 spiro atoms. The minimum Gasteiger partial charge on any atom is -0.493 e. The number of methoxy groups -OCH3 is 1. The van der Waals surface area contributed by atoms with Crippen LogP contribution >= 0.6 is 15.9 Å². The lowest BCUT2D eigenvalue weighted by Gasteiger charge is -2.18. The van der Waals surface area contributed by atoms with Crippen LogP contribution in [0, 0.1) is 18.8 Å². The molecule has 8 heteroatoms. The number of carbonyl (C=O) groups excluding carboxylic acids is 1. The summed E-state index contributed by atoms with van der Waals surface area (Å²) in [5.41, 5.74) is 7.57. The third-order valence-corrected chi connectivity index (χ3v) is 8.65. The van der Waals surface area contributed by atoms with E-state index < -0.39 is 0 Å². The lowest BCUT2D eigenvalue weighted by atomic mass is 9.91. The van der Waals surface area contributed by atoms with E-state index in [1.54, 1.807) is 7.11 Å². The van der Waals surface area contributed by atoms with Crippen LogP contribution < -0.4 is 20.5 Å². The van der Waals surface area contributed by atoms with E-state index in [0.717, 1.165) is 59.0 Å². The van der Waals surface area contributed by atoms with Crippen LogP contribution in [0.15, 0.2) is 40.9 Å².